The SMILES string of the molecule is COc1ccc(F)cc1C(C)(CC(N)Cc1cc2ccncc2[nH]1)CC1CC1. The summed E-state index contributed by atoms with van der Waals surface area (Å²) in [5.74, 6) is 1.22. The van der Waals surface area contributed by atoms with Crippen LogP contribution in [0.2, 0.25) is 0 Å². The Morgan fingerprint density at radius 1 is 1.32 bits per heavy atom. The summed E-state index contributed by atoms with van der Waals surface area (Å²) >= 11 is 0. The van der Waals surface area contributed by atoms with Crippen LogP contribution in [0.5, 0.6) is 5.75 Å². The first-order valence-corrected chi connectivity index (χ1v) is 9.98. The van der Waals surface area contributed by atoms with E-state index in [2.05, 4.69) is 23.0 Å². The Balaban J connectivity index is 1.58. The minimum absolute atomic E-state index is 0.0438. The van der Waals surface area contributed by atoms with E-state index in [9.17, 15) is 4.39 Å². The first-order valence-electron chi connectivity index (χ1n) is 9.98. The van der Waals surface area contributed by atoms with E-state index in [4.69, 9.17) is 10.5 Å². The molecule has 148 valence electrons. The highest BCUT2D eigenvalue weighted by Crippen LogP contribution is 2.46. The molecule has 0 saturated heterocycles. The average Bonchev–Trinajstić information content (AvgIpc) is 3.37. The second kappa shape index (κ2) is 7.55. The number of nitrogens with zero attached hydrogens (tertiary/aromatic N) is 1. The minimum Gasteiger partial charge on any atom is -0.496 e. The number of nitrogens with two attached hydrogens (primary N) is 1. The summed E-state index contributed by atoms with van der Waals surface area (Å²) in [4.78, 5) is 7.57. The third kappa shape index (κ3) is 4.04. The van der Waals surface area contributed by atoms with Gasteiger partial charge in [0.15, 0.2) is 0 Å². The molecule has 5 heteroatoms. The van der Waals surface area contributed by atoms with Crippen LogP contribution < -0.4 is 10.5 Å². The number of fused-ring (bicyclic) bond motifs is 1. The molecule has 0 aliphatic heterocycles. The first-order chi connectivity index (χ1) is 13.5. The third-order valence-corrected chi connectivity index (χ3v) is 5.92. The van der Waals surface area contributed by atoms with Crippen LogP contribution in [0.15, 0.2) is 42.7 Å². The van der Waals surface area contributed by atoms with Crippen molar-refractivity contribution in [3.05, 3.63) is 59.8 Å². The van der Waals surface area contributed by atoms with Crippen LogP contribution in [0.3, 0.4) is 0 Å². The number of benzene rings is 1. The monoisotopic (exact) mass is 381 g/mol. The van der Waals surface area contributed by atoms with Crippen molar-refractivity contribution in [2.75, 3.05) is 7.11 Å². The van der Waals surface area contributed by atoms with Crippen molar-refractivity contribution < 1.29 is 9.13 Å². The highest BCUT2D eigenvalue weighted by atomic mass is 19.1. The summed E-state index contributed by atoms with van der Waals surface area (Å²) in [6.07, 6.45) is 8.65. The zero-order valence-electron chi connectivity index (χ0n) is 16.5. The van der Waals surface area contributed by atoms with E-state index in [-0.39, 0.29) is 17.3 Å². The van der Waals surface area contributed by atoms with Gasteiger partial charge in [0.2, 0.25) is 0 Å². The Hall–Kier alpha value is -2.40. The number of aromatic nitrogens is 2. The van der Waals surface area contributed by atoms with Gasteiger partial charge in [0.05, 0.1) is 18.8 Å². The Morgan fingerprint density at radius 2 is 2.14 bits per heavy atom. The van der Waals surface area contributed by atoms with E-state index < -0.39 is 0 Å². The second-order valence-electron chi connectivity index (χ2n) is 8.48. The Morgan fingerprint density at radius 3 is 2.86 bits per heavy atom. The third-order valence-electron chi connectivity index (χ3n) is 5.92. The van der Waals surface area contributed by atoms with Gasteiger partial charge in [-0.1, -0.05) is 19.8 Å². The average molecular weight is 381 g/mol. The molecule has 1 aromatic carbocycles. The van der Waals surface area contributed by atoms with Crippen molar-refractivity contribution in [2.24, 2.45) is 11.7 Å². The van der Waals surface area contributed by atoms with Crippen molar-refractivity contribution >= 4 is 10.9 Å². The van der Waals surface area contributed by atoms with Crippen LogP contribution >= 0.6 is 0 Å². The van der Waals surface area contributed by atoms with Gasteiger partial charge in [-0.25, -0.2) is 4.39 Å². The van der Waals surface area contributed by atoms with Crippen LogP contribution in [-0.4, -0.2) is 23.1 Å². The molecule has 2 heterocycles. The van der Waals surface area contributed by atoms with Crippen molar-refractivity contribution in [1.29, 1.82) is 0 Å². The molecule has 0 bridgehead atoms. The fourth-order valence-electron chi connectivity index (χ4n) is 4.49. The van der Waals surface area contributed by atoms with Gasteiger partial charge < -0.3 is 15.5 Å². The predicted octanol–water partition coefficient (Wildman–Crippen LogP) is 4.73. The summed E-state index contributed by atoms with van der Waals surface area (Å²) in [5, 5.41) is 1.14. The number of hydrogen-bond acceptors (Lipinski definition) is 3. The van der Waals surface area contributed by atoms with Gasteiger partial charge in [-0.3, -0.25) is 4.98 Å². The molecule has 1 saturated carbocycles. The smallest absolute Gasteiger partial charge is 0.123 e. The number of rotatable bonds is 8. The fraction of sp³-hybridized carbons (Fsp3) is 0.435. The number of pyridine rings is 1. The molecule has 0 amide bonds. The van der Waals surface area contributed by atoms with Gasteiger partial charge in [0, 0.05) is 35.3 Å². The van der Waals surface area contributed by atoms with Gasteiger partial charge >= 0.3 is 0 Å². The molecule has 28 heavy (non-hydrogen) atoms. The van der Waals surface area contributed by atoms with Gasteiger partial charge in [-0.2, -0.15) is 0 Å². The molecule has 1 aliphatic rings. The molecular formula is C23H28FN3O. The molecule has 0 spiro atoms. The highest BCUT2D eigenvalue weighted by Gasteiger charge is 2.38. The van der Waals surface area contributed by atoms with Crippen LogP contribution in [0.25, 0.3) is 10.9 Å². The van der Waals surface area contributed by atoms with Gasteiger partial charge in [-0.05, 0) is 54.5 Å². The largest absolute Gasteiger partial charge is 0.496 e. The zero-order chi connectivity index (χ0) is 19.7. The first kappa shape index (κ1) is 18.9. The van der Waals surface area contributed by atoms with Crippen LogP contribution in [0.4, 0.5) is 4.39 Å². The van der Waals surface area contributed by atoms with Crippen LogP contribution in [0.1, 0.15) is 43.9 Å². The molecule has 1 fully saturated rings. The van der Waals surface area contributed by atoms with E-state index in [1.165, 1.54) is 18.9 Å². The molecule has 2 atom stereocenters. The lowest BCUT2D eigenvalue weighted by atomic mass is 9.72. The van der Waals surface area contributed by atoms with Crippen LogP contribution in [0, 0.1) is 11.7 Å². The second-order valence-corrected chi connectivity index (χ2v) is 8.48. The topological polar surface area (TPSA) is 63.9 Å². The van der Waals surface area contributed by atoms with E-state index in [0.29, 0.717) is 5.92 Å². The summed E-state index contributed by atoms with van der Waals surface area (Å²) < 4.78 is 19.6. The van der Waals surface area contributed by atoms with Crippen molar-refractivity contribution in [3.63, 3.8) is 0 Å². The molecule has 0 radical (unpaired) electrons. The number of halogens is 1. The lowest BCUT2D eigenvalue weighted by Crippen LogP contribution is -2.35. The lowest BCUT2D eigenvalue weighted by Gasteiger charge is -2.34. The Labute approximate surface area is 165 Å². The summed E-state index contributed by atoms with van der Waals surface area (Å²) in [7, 11) is 1.65. The van der Waals surface area contributed by atoms with Gasteiger partial charge in [0.1, 0.15) is 11.6 Å². The maximum Gasteiger partial charge on any atom is 0.123 e. The van der Waals surface area contributed by atoms with Gasteiger partial charge in [0.25, 0.3) is 0 Å². The van der Waals surface area contributed by atoms with Crippen molar-refractivity contribution in [1.82, 2.24) is 9.97 Å². The number of hydrogen-bond donors (Lipinski definition) is 2. The Bertz CT molecular complexity index is 932. The number of ether oxygens (including phenoxy) is 1. The predicted molar refractivity (Wildman–Crippen MR) is 110 cm³/mol. The molecule has 3 aromatic rings. The minimum atomic E-state index is -0.227. The van der Waals surface area contributed by atoms with Crippen molar-refractivity contribution in [3.8, 4) is 5.75 Å². The number of methoxy groups -OCH3 is 1. The van der Waals surface area contributed by atoms with E-state index in [1.54, 1.807) is 25.4 Å². The van der Waals surface area contributed by atoms with Gasteiger partial charge in [-0.15, -0.1) is 0 Å². The fourth-order valence-corrected chi connectivity index (χ4v) is 4.49. The van der Waals surface area contributed by atoms with E-state index >= 15 is 0 Å². The number of nitrogens with one attached hydrogen (secondary N) is 1. The lowest BCUT2D eigenvalue weighted by molar-refractivity contribution is 0.322. The summed E-state index contributed by atoms with van der Waals surface area (Å²) in [6.45, 7) is 2.21. The molecule has 4 nitrogen and oxygen atoms in total. The quantitative estimate of drug-likeness (QED) is 0.593. The summed E-state index contributed by atoms with van der Waals surface area (Å²) in [5.41, 5.74) is 9.45. The standard InChI is InChI=1S/C23H28FN3O/c1-23(12-15-3-4-15,20-10-17(24)5-6-22(20)28-2)13-18(25)11-19-9-16-7-8-26-14-21(16)27-19/h5-10,14-15,18,27H,3-4,11-13,25H2,1-2H3. The molecule has 1 aliphatic carbocycles. The molecule has 3 N–H and O–H groups in total. The molecule has 4 rings (SSSR count). The van der Waals surface area contributed by atoms with Crippen molar-refractivity contribution in [2.45, 2.75) is 50.5 Å². The van der Waals surface area contributed by atoms with E-state index in [1.807, 2.05) is 12.3 Å². The zero-order valence-corrected chi connectivity index (χ0v) is 16.5. The maximum atomic E-state index is 14.1. The summed E-state index contributed by atoms with van der Waals surface area (Å²) in [6, 6.07) is 8.90. The van der Waals surface area contributed by atoms with E-state index in [0.717, 1.165) is 47.2 Å². The molecule has 2 unspecified atom stereocenters. The maximum absolute atomic E-state index is 14.1. The highest BCUT2D eigenvalue weighted by molar-refractivity contribution is 5.79. The normalized spacial score (nSPS) is 17.4. The molecular weight excluding hydrogens is 353 g/mol. The number of H-pyrrole nitrogens is 1. The van der Waals surface area contributed by atoms with Crippen LogP contribution in [-0.2, 0) is 11.8 Å². The number of aromatic amines is 1. The Kier molecular flexibility index (Phi) is 5.11. The molecule has 2 aromatic heterocycles.